The highest BCUT2D eigenvalue weighted by Crippen LogP contribution is 2.17. The van der Waals surface area contributed by atoms with Gasteiger partial charge in [-0.1, -0.05) is 0 Å². The van der Waals surface area contributed by atoms with Gasteiger partial charge in [-0.2, -0.15) is 5.10 Å². The summed E-state index contributed by atoms with van der Waals surface area (Å²) in [7, 11) is 0. The van der Waals surface area contributed by atoms with Crippen LogP contribution >= 0.6 is 0 Å². The Hall–Kier alpha value is -1.92. The van der Waals surface area contributed by atoms with Crippen molar-refractivity contribution < 1.29 is 14.4 Å². The average molecular weight is 238 g/mol. The van der Waals surface area contributed by atoms with E-state index in [9.17, 15) is 14.4 Å². The molecule has 0 radical (unpaired) electrons. The number of hydrogen-bond acceptors (Lipinski definition) is 4. The van der Waals surface area contributed by atoms with Crippen LogP contribution in [0.2, 0.25) is 0 Å². The molecule has 0 aliphatic carbocycles. The molecule has 3 N–H and O–H groups in total. The van der Waals surface area contributed by atoms with Crippen LogP contribution in [0.15, 0.2) is 5.10 Å². The Bertz CT molecular complexity index is 396. The van der Waals surface area contributed by atoms with Gasteiger partial charge >= 0.3 is 0 Å². The first-order valence-electron chi connectivity index (χ1n) is 5.52. The number of hydrogen-bond donors (Lipinski definition) is 2. The second-order valence-electron chi connectivity index (χ2n) is 4.24. The molecule has 7 nitrogen and oxygen atoms in total. The zero-order valence-electron chi connectivity index (χ0n) is 9.31. The van der Waals surface area contributed by atoms with E-state index in [1.807, 2.05) is 0 Å². The molecule has 0 bridgehead atoms. The summed E-state index contributed by atoms with van der Waals surface area (Å²) in [6, 6.07) is 0. The molecule has 0 saturated carbocycles. The fraction of sp³-hybridized carbons (Fsp3) is 0.600. The Labute approximate surface area is 98.0 Å². The SMILES string of the molecule is NC(=O)C1CCN(C(=O)C2=NNC(=O)C2)CC1. The molecule has 0 aromatic rings. The second-order valence-corrected chi connectivity index (χ2v) is 4.24. The van der Waals surface area contributed by atoms with Crippen molar-refractivity contribution in [1.82, 2.24) is 10.3 Å². The van der Waals surface area contributed by atoms with Gasteiger partial charge in [-0.3, -0.25) is 14.4 Å². The topological polar surface area (TPSA) is 105 Å². The summed E-state index contributed by atoms with van der Waals surface area (Å²) >= 11 is 0. The maximum absolute atomic E-state index is 11.9. The van der Waals surface area contributed by atoms with E-state index in [0.29, 0.717) is 25.9 Å². The Balaban J connectivity index is 1.91. The maximum Gasteiger partial charge on any atom is 0.270 e. The Kier molecular flexibility index (Phi) is 3.08. The minimum atomic E-state index is -0.313. The highest BCUT2D eigenvalue weighted by Gasteiger charge is 2.30. The molecule has 92 valence electrons. The second kappa shape index (κ2) is 4.52. The molecule has 0 aromatic heterocycles. The molecule has 0 aromatic carbocycles. The van der Waals surface area contributed by atoms with Gasteiger partial charge in [-0.15, -0.1) is 0 Å². The number of hydrazone groups is 1. The van der Waals surface area contributed by atoms with Gasteiger partial charge in [0.05, 0.1) is 6.42 Å². The van der Waals surface area contributed by atoms with Crippen molar-refractivity contribution in [2.75, 3.05) is 13.1 Å². The predicted molar refractivity (Wildman–Crippen MR) is 58.7 cm³/mol. The van der Waals surface area contributed by atoms with Crippen LogP contribution in [0.1, 0.15) is 19.3 Å². The number of nitrogens with two attached hydrogens (primary N) is 1. The van der Waals surface area contributed by atoms with Crippen LogP contribution < -0.4 is 11.2 Å². The summed E-state index contributed by atoms with van der Waals surface area (Å²) in [5, 5.41) is 3.68. The number of carbonyl (C=O) groups excluding carboxylic acids is 3. The molecule has 1 saturated heterocycles. The van der Waals surface area contributed by atoms with Gasteiger partial charge in [0.15, 0.2) is 0 Å². The van der Waals surface area contributed by atoms with Crippen molar-refractivity contribution in [3.8, 4) is 0 Å². The summed E-state index contributed by atoms with van der Waals surface area (Å²) < 4.78 is 0. The first-order chi connectivity index (χ1) is 8.08. The highest BCUT2D eigenvalue weighted by atomic mass is 16.2. The van der Waals surface area contributed by atoms with Crippen LogP contribution in [0.5, 0.6) is 0 Å². The Morgan fingerprint density at radius 1 is 1.35 bits per heavy atom. The van der Waals surface area contributed by atoms with Gasteiger partial charge < -0.3 is 10.6 Å². The summed E-state index contributed by atoms with van der Waals surface area (Å²) in [4.78, 5) is 35.4. The lowest BCUT2D eigenvalue weighted by Crippen LogP contribution is -2.44. The van der Waals surface area contributed by atoms with E-state index in [1.54, 1.807) is 4.90 Å². The third-order valence-electron chi connectivity index (χ3n) is 3.07. The lowest BCUT2D eigenvalue weighted by molar-refractivity contribution is -0.129. The summed E-state index contributed by atoms with van der Waals surface area (Å²) in [5.74, 6) is -0.955. The molecular weight excluding hydrogens is 224 g/mol. The van der Waals surface area contributed by atoms with Crippen molar-refractivity contribution in [2.45, 2.75) is 19.3 Å². The number of carbonyl (C=O) groups is 3. The van der Waals surface area contributed by atoms with Crippen molar-refractivity contribution in [3.05, 3.63) is 0 Å². The molecule has 2 rings (SSSR count). The molecule has 2 heterocycles. The standard InChI is InChI=1S/C10H14N4O3/c11-9(16)6-1-3-14(4-2-6)10(17)7-5-8(15)13-12-7/h6H,1-5H2,(H2,11,16)(H,13,15). The number of nitrogens with one attached hydrogen (secondary N) is 1. The Morgan fingerprint density at radius 3 is 2.47 bits per heavy atom. The quantitative estimate of drug-likeness (QED) is 0.617. The fourth-order valence-corrected chi connectivity index (χ4v) is 2.03. The Morgan fingerprint density at radius 2 is 2.00 bits per heavy atom. The minimum Gasteiger partial charge on any atom is -0.369 e. The number of primary amides is 1. The predicted octanol–water partition coefficient (Wildman–Crippen LogP) is -1.41. The number of rotatable bonds is 2. The molecule has 7 heteroatoms. The van der Waals surface area contributed by atoms with Gasteiger partial charge in [0.1, 0.15) is 5.71 Å². The molecule has 2 aliphatic heterocycles. The summed E-state index contributed by atoms with van der Waals surface area (Å²) in [5.41, 5.74) is 7.70. The molecule has 0 spiro atoms. The number of likely N-dealkylation sites (tertiary alicyclic amines) is 1. The van der Waals surface area contributed by atoms with Gasteiger partial charge in [0, 0.05) is 19.0 Å². The number of piperidine rings is 1. The van der Waals surface area contributed by atoms with E-state index in [1.165, 1.54) is 0 Å². The summed E-state index contributed by atoms with van der Waals surface area (Å²) in [6.07, 6.45) is 1.19. The van der Waals surface area contributed by atoms with E-state index in [0.717, 1.165) is 0 Å². The van der Waals surface area contributed by atoms with Gasteiger partial charge in [0.2, 0.25) is 11.8 Å². The smallest absolute Gasteiger partial charge is 0.270 e. The van der Waals surface area contributed by atoms with Crippen LogP contribution in [0.4, 0.5) is 0 Å². The average Bonchev–Trinajstić information content (AvgIpc) is 2.75. The van der Waals surface area contributed by atoms with E-state index in [4.69, 9.17) is 5.73 Å². The minimum absolute atomic E-state index is 0.0363. The van der Waals surface area contributed by atoms with Crippen LogP contribution in [-0.2, 0) is 14.4 Å². The maximum atomic E-state index is 11.9. The molecule has 0 atom stereocenters. The van der Waals surface area contributed by atoms with Crippen molar-refractivity contribution >= 4 is 23.4 Å². The third-order valence-corrected chi connectivity index (χ3v) is 3.07. The number of nitrogens with zero attached hydrogens (tertiary/aromatic N) is 2. The van der Waals surface area contributed by atoms with Crippen LogP contribution in [0, 0.1) is 5.92 Å². The summed E-state index contributed by atoms with van der Waals surface area (Å²) in [6.45, 7) is 0.972. The van der Waals surface area contributed by atoms with Crippen LogP contribution in [0.25, 0.3) is 0 Å². The van der Waals surface area contributed by atoms with Gasteiger partial charge in [-0.05, 0) is 12.8 Å². The first kappa shape index (κ1) is 11.6. The van der Waals surface area contributed by atoms with Gasteiger partial charge in [-0.25, -0.2) is 5.43 Å². The van der Waals surface area contributed by atoms with Crippen molar-refractivity contribution in [2.24, 2.45) is 16.8 Å². The molecule has 1 fully saturated rings. The van der Waals surface area contributed by atoms with E-state index >= 15 is 0 Å². The lowest BCUT2D eigenvalue weighted by Gasteiger charge is -2.30. The zero-order valence-corrected chi connectivity index (χ0v) is 9.31. The van der Waals surface area contributed by atoms with Crippen LogP contribution in [0.3, 0.4) is 0 Å². The number of amides is 3. The normalized spacial score (nSPS) is 21.1. The first-order valence-corrected chi connectivity index (χ1v) is 5.52. The fourth-order valence-electron chi connectivity index (χ4n) is 2.03. The largest absolute Gasteiger partial charge is 0.369 e. The van der Waals surface area contributed by atoms with Crippen molar-refractivity contribution in [1.29, 1.82) is 0 Å². The third kappa shape index (κ3) is 2.43. The van der Waals surface area contributed by atoms with Crippen molar-refractivity contribution in [3.63, 3.8) is 0 Å². The molecular formula is C10H14N4O3. The molecule has 3 amide bonds. The van der Waals surface area contributed by atoms with E-state index < -0.39 is 0 Å². The van der Waals surface area contributed by atoms with Crippen LogP contribution in [-0.4, -0.2) is 41.4 Å². The zero-order chi connectivity index (χ0) is 12.4. The monoisotopic (exact) mass is 238 g/mol. The lowest BCUT2D eigenvalue weighted by atomic mass is 9.96. The van der Waals surface area contributed by atoms with E-state index in [2.05, 4.69) is 10.5 Å². The molecule has 17 heavy (non-hydrogen) atoms. The van der Waals surface area contributed by atoms with E-state index in [-0.39, 0.29) is 35.8 Å². The molecule has 2 aliphatic rings. The molecule has 0 unspecified atom stereocenters. The highest BCUT2D eigenvalue weighted by molar-refractivity contribution is 6.43. The van der Waals surface area contributed by atoms with Gasteiger partial charge in [0.25, 0.3) is 5.91 Å².